The number of carbonyl (C=O) groups excluding carboxylic acids is 2. The Kier molecular flexibility index (Phi) is 7.98. The van der Waals surface area contributed by atoms with E-state index in [1.54, 1.807) is 6.07 Å². The number of carbonyl (C=O) groups is 2. The van der Waals surface area contributed by atoms with Crippen molar-refractivity contribution in [1.82, 2.24) is 10.3 Å². The van der Waals surface area contributed by atoms with Crippen LogP contribution in [0.1, 0.15) is 41.4 Å². The molecular weight excluding hydrogens is 373 g/mol. The number of hydrogen-bond acceptors (Lipinski definition) is 4. The molecule has 28 heavy (non-hydrogen) atoms. The van der Waals surface area contributed by atoms with E-state index < -0.39 is 24.8 Å². The number of halogens is 3. The molecule has 0 radical (unpaired) electrons. The van der Waals surface area contributed by atoms with Crippen molar-refractivity contribution in [3.63, 3.8) is 0 Å². The van der Waals surface area contributed by atoms with Crippen LogP contribution in [0.5, 0.6) is 5.75 Å². The normalized spacial score (nSPS) is 10.8. The third kappa shape index (κ3) is 6.68. The Labute approximate surface area is 160 Å². The van der Waals surface area contributed by atoms with Crippen LogP contribution in [0.2, 0.25) is 0 Å². The summed E-state index contributed by atoms with van der Waals surface area (Å²) in [6, 6.07) is 6.90. The minimum atomic E-state index is -2.69. The lowest BCUT2D eigenvalue weighted by atomic mass is 10.1. The summed E-state index contributed by atoms with van der Waals surface area (Å²) in [6.45, 7) is 1.06. The molecule has 0 unspecified atom stereocenters. The first-order valence-electron chi connectivity index (χ1n) is 8.83. The van der Waals surface area contributed by atoms with Crippen LogP contribution in [0.15, 0.2) is 36.5 Å². The molecule has 1 heterocycles. The standard InChI is InChI=1S/C20H21F3N2O3/c1-2-3-16(26)10-15-9-14(6-7-24-15)20(27)25-11-13-4-5-18(17(21)8-13)28-12-19(22)23/h4-9,19H,2-3,10-12H2,1H3,(H,25,27). The molecular formula is C20H21F3N2O3. The average Bonchev–Trinajstić information content (AvgIpc) is 2.65. The van der Waals surface area contributed by atoms with Crippen LogP contribution in [0.25, 0.3) is 0 Å². The number of aromatic nitrogens is 1. The molecule has 0 bridgehead atoms. The van der Waals surface area contributed by atoms with E-state index in [2.05, 4.69) is 15.0 Å². The SMILES string of the molecule is CCCC(=O)Cc1cc(C(=O)NCc2ccc(OCC(F)F)c(F)c2)ccn1. The Balaban J connectivity index is 1.95. The summed E-state index contributed by atoms with van der Waals surface area (Å²) >= 11 is 0. The molecule has 8 heteroatoms. The summed E-state index contributed by atoms with van der Waals surface area (Å²) in [6.07, 6.45) is 0.140. The van der Waals surface area contributed by atoms with Gasteiger partial charge in [0.2, 0.25) is 0 Å². The second-order valence-corrected chi connectivity index (χ2v) is 6.15. The van der Waals surface area contributed by atoms with Crippen molar-refractivity contribution in [3.05, 3.63) is 59.2 Å². The number of nitrogens with one attached hydrogen (secondary N) is 1. The van der Waals surface area contributed by atoms with E-state index in [1.165, 1.54) is 24.4 Å². The average molecular weight is 394 g/mol. The fourth-order valence-corrected chi connectivity index (χ4v) is 2.49. The molecule has 2 rings (SSSR count). The maximum absolute atomic E-state index is 13.9. The molecule has 0 spiro atoms. The monoisotopic (exact) mass is 394 g/mol. The van der Waals surface area contributed by atoms with Gasteiger partial charge in [-0.05, 0) is 36.2 Å². The molecule has 0 aliphatic heterocycles. The van der Waals surface area contributed by atoms with E-state index in [9.17, 15) is 22.8 Å². The lowest BCUT2D eigenvalue weighted by Gasteiger charge is -2.09. The fraction of sp³-hybridized carbons (Fsp3) is 0.350. The number of Topliss-reactive ketones (excluding diaryl/α,β-unsaturated/α-hetero) is 1. The predicted molar refractivity (Wildman–Crippen MR) is 96.9 cm³/mol. The number of rotatable bonds is 10. The van der Waals surface area contributed by atoms with E-state index in [-0.39, 0.29) is 24.5 Å². The Bertz CT molecular complexity index is 828. The number of pyridine rings is 1. The highest BCUT2D eigenvalue weighted by atomic mass is 19.3. The predicted octanol–water partition coefficient (Wildman–Crippen LogP) is 3.71. The van der Waals surface area contributed by atoms with Gasteiger partial charge in [0.05, 0.1) is 0 Å². The van der Waals surface area contributed by atoms with Gasteiger partial charge in [-0.2, -0.15) is 0 Å². The molecule has 0 saturated carbocycles. The largest absolute Gasteiger partial charge is 0.485 e. The maximum Gasteiger partial charge on any atom is 0.272 e. The van der Waals surface area contributed by atoms with Gasteiger partial charge in [-0.15, -0.1) is 0 Å². The van der Waals surface area contributed by atoms with E-state index >= 15 is 0 Å². The summed E-state index contributed by atoms with van der Waals surface area (Å²) in [5.74, 6) is -1.40. The number of ketones is 1. The Morgan fingerprint density at radius 3 is 2.68 bits per heavy atom. The van der Waals surface area contributed by atoms with Gasteiger partial charge in [-0.1, -0.05) is 13.0 Å². The number of hydrogen-bond donors (Lipinski definition) is 1. The number of nitrogens with zero attached hydrogens (tertiary/aromatic N) is 1. The first-order valence-corrected chi connectivity index (χ1v) is 8.83. The second kappa shape index (κ2) is 10.4. The molecule has 1 amide bonds. The molecule has 150 valence electrons. The number of amides is 1. The van der Waals surface area contributed by atoms with Crippen LogP contribution in [0, 0.1) is 5.82 Å². The summed E-state index contributed by atoms with van der Waals surface area (Å²) < 4.78 is 42.8. The highest BCUT2D eigenvalue weighted by Crippen LogP contribution is 2.19. The van der Waals surface area contributed by atoms with Gasteiger partial charge < -0.3 is 10.1 Å². The minimum Gasteiger partial charge on any atom is -0.485 e. The zero-order chi connectivity index (χ0) is 20.5. The Morgan fingerprint density at radius 2 is 2.00 bits per heavy atom. The van der Waals surface area contributed by atoms with Crippen molar-refractivity contribution in [2.24, 2.45) is 0 Å². The van der Waals surface area contributed by atoms with Gasteiger partial charge in [-0.3, -0.25) is 14.6 Å². The first-order chi connectivity index (χ1) is 13.4. The number of ether oxygens (including phenoxy) is 1. The molecule has 1 aromatic carbocycles. The summed E-state index contributed by atoms with van der Waals surface area (Å²) in [7, 11) is 0. The summed E-state index contributed by atoms with van der Waals surface area (Å²) in [5, 5.41) is 2.64. The highest BCUT2D eigenvalue weighted by Gasteiger charge is 2.11. The zero-order valence-corrected chi connectivity index (χ0v) is 15.4. The molecule has 5 nitrogen and oxygen atoms in total. The first kappa shape index (κ1) is 21.4. The quantitative estimate of drug-likeness (QED) is 0.667. The van der Waals surface area contributed by atoms with Crippen molar-refractivity contribution >= 4 is 11.7 Å². The molecule has 1 aromatic heterocycles. The van der Waals surface area contributed by atoms with Crippen LogP contribution in [0.4, 0.5) is 13.2 Å². The van der Waals surface area contributed by atoms with Crippen molar-refractivity contribution in [3.8, 4) is 5.75 Å². The topological polar surface area (TPSA) is 68.3 Å². The van der Waals surface area contributed by atoms with Crippen LogP contribution in [0.3, 0.4) is 0 Å². The van der Waals surface area contributed by atoms with Crippen LogP contribution in [-0.4, -0.2) is 29.7 Å². The molecule has 0 aliphatic rings. The Hall–Kier alpha value is -2.90. The smallest absolute Gasteiger partial charge is 0.272 e. The lowest BCUT2D eigenvalue weighted by Crippen LogP contribution is -2.23. The van der Waals surface area contributed by atoms with Crippen molar-refractivity contribution in [2.45, 2.75) is 39.2 Å². The van der Waals surface area contributed by atoms with Gasteiger partial charge in [0.25, 0.3) is 12.3 Å². The van der Waals surface area contributed by atoms with Gasteiger partial charge in [-0.25, -0.2) is 13.2 Å². The lowest BCUT2D eigenvalue weighted by molar-refractivity contribution is -0.118. The van der Waals surface area contributed by atoms with E-state index in [0.717, 1.165) is 12.5 Å². The van der Waals surface area contributed by atoms with Gasteiger partial charge in [0.15, 0.2) is 11.6 Å². The van der Waals surface area contributed by atoms with Crippen LogP contribution < -0.4 is 10.1 Å². The Morgan fingerprint density at radius 1 is 1.21 bits per heavy atom. The minimum absolute atomic E-state index is 0.0390. The molecule has 1 N–H and O–H groups in total. The number of benzene rings is 1. The third-order valence-corrected chi connectivity index (χ3v) is 3.80. The van der Waals surface area contributed by atoms with Gasteiger partial charge in [0, 0.05) is 36.8 Å². The molecule has 0 aliphatic carbocycles. The van der Waals surface area contributed by atoms with E-state index in [0.29, 0.717) is 23.2 Å². The van der Waals surface area contributed by atoms with Crippen LogP contribution in [-0.2, 0) is 17.8 Å². The van der Waals surface area contributed by atoms with Crippen LogP contribution >= 0.6 is 0 Å². The van der Waals surface area contributed by atoms with Gasteiger partial charge >= 0.3 is 0 Å². The van der Waals surface area contributed by atoms with Gasteiger partial charge in [0.1, 0.15) is 12.4 Å². The highest BCUT2D eigenvalue weighted by molar-refractivity contribution is 5.94. The summed E-state index contributed by atoms with van der Waals surface area (Å²) in [5.41, 5.74) is 1.30. The number of alkyl halides is 2. The zero-order valence-electron chi connectivity index (χ0n) is 15.4. The molecule has 2 aromatic rings. The van der Waals surface area contributed by atoms with Crippen molar-refractivity contribution in [1.29, 1.82) is 0 Å². The van der Waals surface area contributed by atoms with E-state index in [4.69, 9.17) is 0 Å². The van der Waals surface area contributed by atoms with E-state index in [1.807, 2.05) is 6.92 Å². The molecule has 0 atom stereocenters. The second-order valence-electron chi connectivity index (χ2n) is 6.15. The maximum atomic E-state index is 13.9. The fourth-order valence-electron chi connectivity index (χ4n) is 2.49. The third-order valence-electron chi connectivity index (χ3n) is 3.80. The van der Waals surface area contributed by atoms with Crippen molar-refractivity contribution < 1.29 is 27.5 Å². The summed E-state index contributed by atoms with van der Waals surface area (Å²) in [4.78, 5) is 28.1. The molecule has 0 fully saturated rings. The molecule has 0 saturated heterocycles. The van der Waals surface area contributed by atoms with Crippen molar-refractivity contribution in [2.75, 3.05) is 6.61 Å².